The average Bonchev–Trinajstić information content (AvgIpc) is 2.58. The van der Waals surface area contributed by atoms with Gasteiger partial charge >= 0.3 is 0 Å². The Balaban J connectivity index is 2.54. The Hall–Kier alpha value is -1.32. The third kappa shape index (κ3) is 1.52. The van der Waals surface area contributed by atoms with Crippen molar-refractivity contribution in [2.45, 2.75) is 19.6 Å². The fraction of sp³-hybridized carbons (Fsp3) is 0.273. The van der Waals surface area contributed by atoms with Crippen LogP contribution < -0.4 is 5.73 Å². The van der Waals surface area contributed by atoms with E-state index in [1.54, 1.807) is 0 Å². The molecule has 74 valence electrons. The summed E-state index contributed by atoms with van der Waals surface area (Å²) in [5.41, 5.74) is 7.63. The van der Waals surface area contributed by atoms with Gasteiger partial charge < -0.3 is 15.3 Å². The summed E-state index contributed by atoms with van der Waals surface area (Å²) in [6.45, 7) is 1.87. The lowest BCUT2D eigenvalue weighted by molar-refractivity contribution is 0.251. The molecule has 1 atom stereocenters. The van der Waals surface area contributed by atoms with Crippen LogP contribution in [-0.4, -0.2) is 5.11 Å². The molecule has 3 N–H and O–H groups in total. The van der Waals surface area contributed by atoms with Gasteiger partial charge in [-0.25, -0.2) is 0 Å². The van der Waals surface area contributed by atoms with E-state index in [9.17, 15) is 0 Å². The zero-order valence-electron chi connectivity index (χ0n) is 8.03. The Bertz CT molecular complexity index is 445. The fourth-order valence-corrected chi connectivity index (χ4v) is 1.48. The predicted octanol–water partition coefficient (Wildman–Crippen LogP) is 1.94. The van der Waals surface area contributed by atoms with Crippen molar-refractivity contribution in [1.29, 1.82) is 0 Å². The molecule has 3 nitrogen and oxygen atoms in total. The van der Waals surface area contributed by atoms with Crippen LogP contribution in [0.1, 0.15) is 24.3 Å². The molecule has 0 radical (unpaired) electrons. The van der Waals surface area contributed by atoms with Gasteiger partial charge in [0.15, 0.2) is 0 Å². The molecule has 0 amide bonds. The van der Waals surface area contributed by atoms with Crippen molar-refractivity contribution in [1.82, 2.24) is 0 Å². The van der Waals surface area contributed by atoms with E-state index in [2.05, 4.69) is 0 Å². The Morgan fingerprint density at radius 3 is 2.86 bits per heavy atom. The molecule has 1 aromatic carbocycles. The molecular formula is C11H13NO2. The molecule has 2 rings (SSSR count). The van der Waals surface area contributed by atoms with Crippen LogP contribution in [0.3, 0.4) is 0 Å². The monoisotopic (exact) mass is 191 g/mol. The molecule has 0 spiro atoms. The summed E-state index contributed by atoms with van der Waals surface area (Å²) in [5.74, 6) is 0.585. The van der Waals surface area contributed by atoms with Crippen molar-refractivity contribution in [2.75, 3.05) is 0 Å². The van der Waals surface area contributed by atoms with Crippen molar-refractivity contribution in [2.24, 2.45) is 5.73 Å². The van der Waals surface area contributed by atoms with E-state index in [0.29, 0.717) is 5.76 Å². The van der Waals surface area contributed by atoms with Crippen molar-refractivity contribution in [3.8, 4) is 0 Å². The highest BCUT2D eigenvalue weighted by Crippen LogP contribution is 2.22. The Morgan fingerprint density at radius 1 is 1.43 bits per heavy atom. The van der Waals surface area contributed by atoms with Gasteiger partial charge in [0.05, 0.1) is 0 Å². The van der Waals surface area contributed by atoms with Gasteiger partial charge in [-0.1, -0.05) is 6.07 Å². The SMILES string of the molecule is CC(N)c1ccc2oc(CO)cc2c1. The number of furan rings is 1. The van der Waals surface area contributed by atoms with E-state index >= 15 is 0 Å². The molecule has 0 aliphatic rings. The van der Waals surface area contributed by atoms with Gasteiger partial charge in [0.25, 0.3) is 0 Å². The maximum absolute atomic E-state index is 8.90. The zero-order chi connectivity index (χ0) is 10.1. The number of fused-ring (bicyclic) bond motifs is 1. The first kappa shape index (κ1) is 9.24. The van der Waals surface area contributed by atoms with Gasteiger partial charge in [-0.05, 0) is 30.7 Å². The van der Waals surface area contributed by atoms with Crippen molar-refractivity contribution < 1.29 is 9.52 Å². The standard InChI is InChI=1S/C11H13NO2/c1-7(12)8-2-3-11-9(4-8)5-10(6-13)14-11/h2-5,7,13H,6,12H2,1H3. The molecule has 1 heterocycles. The normalized spacial score (nSPS) is 13.4. The third-order valence-electron chi connectivity index (χ3n) is 2.27. The number of benzene rings is 1. The van der Waals surface area contributed by atoms with Crippen LogP contribution in [0, 0.1) is 0 Å². The quantitative estimate of drug-likeness (QED) is 0.762. The molecule has 3 heteroatoms. The van der Waals surface area contributed by atoms with Crippen LogP contribution >= 0.6 is 0 Å². The fourth-order valence-electron chi connectivity index (χ4n) is 1.48. The minimum Gasteiger partial charge on any atom is -0.459 e. The first-order valence-corrected chi connectivity index (χ1v) is 4.59. The first-order chi connectivity index (χ1) is 6.70. The van der Waals surface area contributed by atoms with E-state index in [1.165, 1.54) is 0 Å². The summed E-state index contributed by atoms with van der Waals surface area (Å²) in [5, 5.41) is 9.89. The molecule has 0 fully saturated rings. The maximum Gasteiger partial charge on any atom is 0.134 e. The lowest BCUT2D eigenvalue weighted by Gasteiger charge is -2.03. The van der Waals surface area contributed by atoms with Gasteiger partial charge in [-0.2, -0.15) is 0 Å². The van der Waals surface area contributed by atoms with Crippen LogP contribution in [0.5, 0.6) is 0 Å². The van der Waals surface area contributed by atoms with Crippen LogP contribution in [0.2, 0.25) is 0 Å². The second-order valence-electron chi connectivity index (χ2n) is 3.46. The van der Waals surface area contributed by atoms with Gasteiger partial charge in [-0.3, -0.25) is 0 Å². The van der Waals surface area contributed by atoms with Crippen LogP contribution in [0.15, 0.2) is 28.7 Å². The molecule has 1 unspecified atom stereocenters. The van der Waals surface area contributed by atoms with E-state index < -0.39 is 0 Å². The number of rotatable bonds is 2. The third-order valence-corrected chi connectivity index (χ3v) is 2.27. The molecule has 0 aliphatic carbocycles. The van der Waals surface area contributed by atoms with Crippen molar-refractivity contribution in [3.05, 3.63) is 35.6 Å². The summed E-state index contributed by atoms with van der Waals surface area (Å²) in [4.78, 5) is 0. The number of aliphatic hydroxyl groups excluding tert-OH is 1. The summed E-state index contributed by atoms with van der Waals surface area (Å²) >= 11 is 0. The molecule has 0 aliphatic heterocycles. The molecule has 0 bridgehead atoms. The maximum atomic E-state index is 8.90. The van der Waals surface area contributed by atoms with Crippen molar-refractivity contribution >= 4 is 11.0 Å². The number of nitrogens with two attached hydrogens (primary N) is 1. The summed E-state index contributed by atoms with van der Waals surface area (Å²) in [6.07, 6.45) is 0. The summed E-state index contributed by atoms with van der Waals surface area (Å²) in [6, 6.07) is 7.67. The minimum atomic E-state index is -0.0673. The van der Waals surface area contributed by atoms with E-state index in [-0.39, 0.29) is 12.6 Å². The van der Waals surface area contributed by atoms with Crippen molar-refractivity contribution in [3.63, 3.8) is 0 Å². The predicted molar refractivity (Wildman–Crippen MR) is 54.7 cm³/mol. The molecule has 14 heavy (non-hydrogen) atoms. The number of hydrogen-bond acceptors (Lipinski definition) is 3. The summed E-state index contributed by atoms with van der Waals surface area (Å²) < 4.78 is 5.36. The van der Waals surface area contributed by atoms with Gasteiger partial charge in [-0.15, -0.1) is 0 Å². The lowest BCUT2D eigenvalue weighted by atomic mass is 10.1. The Morgan fingerprint density at radius 2 is 2.21 bits per heavy atom. The lowest BCUT2D eigenvalue weighted by Crippen LogP contribution is -2.03. The zero-order valence-corrected chi connectivity index (χ0v) is 8.03. The van der Waals surface area contributed by atoms with E-state index in [1.807, 2.05) is 31.2 Å². The van der Waals surface area contributed by atoms with Gasteiger partial charge in [0.2, 0.25) is 0 Å². The highest BCUT2D eigenvalue weighted by Gasteiger charge is 2.05. The molecule has 2 aromatic rings. The molecular weight excluding hydrogens is 178 g/mol. The number of aliphatic hydroxyl groups is 1. The second-order valence-corrected chi connectivity index (χ2v) is 3.46. The van der Waals surface area contributed by atoms with Crippen LogP contribution in [0.4, 0.5) is 0 Å². The highest BCUT2D eigenvalue weighted by atomic mass is 16.4. The molecule has 0 saturated heterocycles. The molecule has 0 saturated carbocycles. The minimum absolute atomic E-state index is 0.0203. The summed E-state index contributed by atoms with van der Waals surface area (Å²) in [7, 11) is 0. The van der Waals surface area contributed by atoms with Crippen LogP contribution in [0.25, 0.3) is 11.0 Å². The second kappa shape index (κ2) is 3.44. The van der Waals surface area contributed by atoms with E-state index in [0.717, 1.165) is 16.5 Å². The van der Waals surface area contributed by atoms with Crippen LogP contribution in [-0.2, 0) is 6.61 Å². The number of hydrogen-bond donors (Lipinski definition) is 2. The van der Waals surface area contributed by atoms with E-state index in [4.69, 9.17) is 15.3 Å². The van der Waals surface area contributed by atoms with Gasteiger partial charge in [0, 0.05) is 11.4 Å². The Kier molecular flexibility index (Phi) is 2.27. The smallest absolute Gasteiger partial charge is 0.134 e. The molecule has 1 aromatic heterocycles. The average molecular weight is 191 g/mol. The largest absolute Gasteiger partial charge is 0.459 e. The topological polar surface area (TPSA) is 59.4 Å². The highest BCUT2D eigenvalue weighted by molar-refractivity contribution is 5.78. The van der Waals surface area contributed by atoms with Gasteiger partial charge in [0.1, 0.15) is 18.0 Å². The first-order valence-electron chi connectivity index (χ1n) is 4.59. The Labute approximate surface area is 82.1 Å².